The molecule has 2 N–H and O–H groups in total. The maximum absolute atomic E-state index is 12.2. The summed E-state index contributed by atoms with van der Waals surface area (Å²) in [6.07, 6.45) is 6.77. The Labute approximate surface area is 210 Å². The number of fused-ring (bicyclic) bond motifs is 1. The maximum Gasteiger partial charge on any atom is 0.247 e. The van der Waals surface area contributed by atoms with Crippen molar-refractivity contribution in [2.45, 2.75) is 32.1 Å². The molecule has 0 bridgehead atoms. The zero-order valence-corrected chi connectivity index (χ0v) is 20.8. The highest BCUT2D eigenvalue weighted by atomic mass is 16.5. The minimum atomic E-state index is -0.280. The number of amides is 1. The van der Waals surface area contributed by atoms with Gasteiger partial charge in [-0.15, -0.1) is 0 Å². The number of methoxy groups -OCH3 is 1. The van der Waals surface area contributed by atoms with Crippen LogP contribution in [0.4, 0.5) is 34.6 Å². The van der Waals surface area contributed by atoms with Gasteiger partial charge in [-0.2, -0.15) is 4.98 Å². The molecule has 0 spiro atoms. The number of hydrogen-bond donors (Lipinski definition) is 2. The normalized spacial score (nSPS) is 16.0. The molecule has 36 heavy (non-hydrogen) atoms. The number of aromatic nitrogens is 4. The van der Waals surface area contributed by atoms with E-state index in [-0.39, 0.29) is 11.3 Å². The van der Waals surface area contributed by atoms with Crippen molar-refractivity contribution in [1.82, 2.24) is 19.9 Å². The Morgan fingerprint density at radius 2 is 1.94 bits per heavy atom. The van der Waals surface area contributed by atoms with E-state index in [0.29, 0.717) is 35.6 Å². The van der Waals surface area contributed by atoms with E-state index in [9.17, 15) is 4.79 Å². The zero-order chi connectivity index (χ0) is 25.3. The number of rotatable bonds is 7. The van der Waals surface area contributed by atoms with E-state index in [4.69, 9.17) is 9.72 Å². The van der Waals surface area contributed by atoms with Crippen LogP contribution in [0.25, 0.3) is 0 Å². The van der Waals surface area contributed by atoms with E-state index in [0.717, 1.165) is 43.0 Å². The molecule has 10 nitrogen and oxygen atoms in total. The van der Waals surface area contributed by atoms with E-state index in [1.54, 1.807) is 7.11 Å². The van der Waals surface area contributed by atoms with Crippen molar-refractivity contribution in [3.8, 4) is 5.75 Å². The highest BCUT2D eigenvalue weighted by Gasteiger charge is 2.38. The molecule has 0 saturated carbocycles. The van der Waals surface area contributed by atoms with Gasteiger partial charge < -0.3 is 25.2 Å². The van der Waals surface area contributed by atoms with Crippen LogP contribution in [0.1, 0.15) is 32.4 Å². The van der Waals surface area contributed by atoms with Crippen LogP contribution in [0, 0.1) is 0 Å². The lowest BCUT2D eigenvalue weighted by Gasteiger charge is -2.24. The number of benzene rings is 1. The molecule has 2 aliphatic rings. The Hall–Kier alpha value is -4.21. The van der Waals surface area contributed by atoms with Gasteiger partial charge in [-0.1, -0.05) is 20.4 Å². The van der Waals surface area contributed by atoms with Crippen LogP contribution in [0.3, 0.4) is 0 Å². The number of carbonyl (C=O) groups is 1. The highest BCUT2D eigenvalue weighted by molar-refractivity contribution is 6.02. The van der Waals surface area contributed by atoms with Gasteiger partial charge in [-0.25, -0.2) is 9.97 Å². The summed E-state index contributed by atoms with van der Waals surface area (Å²) >= 11 is 0. The summed E-state index contributed by atoms with van der Waals surface area (Å²) in [6.45, 7) is 10.4. The standard InChI is InChI=1S/C26H30N8O2/c1-5-22(35)30-17-13-18(21(36-4)14-20(17)33-11-6-7-12-33)31-24-28-16-29-25(32-24)34-15-26(2,3)23-19(34)9-8-10-27-23/h5,8-10,13-14,16H,1,6-7,11-12,15H2,2-4H3,(H,30,35)(H,28,29,31,32). The molecule has 1 amide bonds. The van der Waals surface area contributed by atoms with Crippen molar-refractivity contribution in [2.24, 2.45) is 0 Å². The molecule has 1 aromatic carbocycles. The lowest BCUT2D eigenvalue weighted by Crippen LogP contribution is -2.26. The fraction of sp³-hybridized carbons (Fsp3) is 0.346. The van der Waals surface area contributed by atoms with Crippen LogP contribution >= 0.6 is 0 Å². The van der Waals surface area contributed by atoms with E-state index in [1.165, 1.54) is 12.4 Å². The second-order valence-corrected chi connectivity index (χ2v) is 9.53. The van der Waals surface area contributed by atoms with Gasteiger partial charge in [0, 0.05) is 37.3 Å². The Bertz CT molecular complexity index is 1300. The average Bonchev–Trinajstić information content (AvgIpc) is 3.51. The molecule has 1 saturated heterocycles. The fourth-order valence-electron chi connectivity index (χ4n) is 4.81. The molecule has 10 heteroatoms. The van der Waals surface area contributed by atoms with E-state index >= 15 is 0 Å². The molecule has 186 valence electrons. The number of carbonyl (C=O) groups excluding carboxylic acids is 1. The molecule has 0 radical (unpaired) electrons. The van der Waals surface area contributed by atoms with Gasteiger partial charge in [0.2, 0.25) is 17.8 Å². The maximum atomic E-state index is 12.2. The fourth-order valence-corrected chi connectivity index (χ4v) is 4.81. The average molecular weight is 487 g/mol. The molecule has 0 aliphatic carbocycles. The van der Waals surface area contributed by atoms with Crippen molar-refractivity contribution < 1.29 is 9.53 Å². The van der Waals surface area contributed by atoms with Gasteiger partial charge in [0.15, 0.2) is 0 Å². The number of anilines is 6. The van der Waals surface area contributed by atoms with E-state index in [1.807, 2.05) is 30.5 Å². The molecule has 2 aromatic heterocycles. The topological polar surface area (TPSA) is 108 Å². The van der Waals surface area contributed by atoms with Crippen molar-refractivity contribution >= 4 is 40.6 Å². The lowest BCUT2D eigenvalue weighted by atomic mass is 9.91. The summed E-state index contributed by atoms with van der Waals surface area (Å²) in [6, 6.07) is 7.72. The first kappa shape index (κ1) is 23.5. The van der Waals surface area contributed by atoms with Crippen LogP contribution in [-0.4, -0.2) is 52.6 Å². The molecule has 2 aliphatic heterocycles. The second kappa shape index (κ2) is 9.44. The van der Waals surface area contributed by atoms with Crippen molar-refractivity contribution in [3.63, 3.8) is 0 Å². The second-order valence-electron chi connectivity index (χ2n) is 9.53. The monoisotopic (exact) mass is 486 g/mol. The lowest BCUT2D eigenvalue weighted by molar-refractivity contribution is -0.111. The van der Waals surface area contributed by atoms with Gasteiger partial charge in [-0.05, 0) is 37.1 Å². The predicted octanol–water partition coefficient (Wildman–Crippen LogP) is 4.17. The number of ether oxygens (including phenoxy) is 1. The predicted molar refractivity (Wildman–Crippen MR) is 141 cm³/mol. The molecule has 3 aromatic rings. The largest absolute Gasteiger partial charge is 0.494 e. The third-order valence-electron chi connectivity index (χ3n) is 6.53. The summed E-state index contributed by atoms with van der Waals surface area (Å²) in [7, 11) is 1.62. The van der Waals surface area contributed by atoms with Crippen LogP contribution < -0.4 is 25.2 Å². The van der Waals surface area contributed by atoms with Gasteiger partial charge >= 0.3 is 0 Å². The summed E-state index contributed by atoms with van der Waals surface area (Å²) in [5.41, 5.74) is 4.07. The van der Waals surface area contributed by atoms with Crippen LogP contribution in [0.5, 0.6) is 5.75 Å². The van der Waals surface area contributed by atoms with Crippen molar-refractivity contribution in [1.29, 1.82) is 0 Å². The third kappa shape index (κ3) is 4.41. The van der Waals surface area contributed by atoms with Crippen molar-refractivity contribution in [3.05, 3.63) is 55.1 Å². The smallest absolute Gasteiger partial charge is 0.247 e. The Balaban J connectivity index is 1.48. The summed E-state index contributed by atoms with van der Waals surface area (Å²) in [5.74, 6) is 1.23. The van der Waals surface area contributed by atoms with Crippen LogP contribution in [-0.2, 0) is 10.2 Å². The van der Waals surface area contributed by atoms with E-state index in [2.05, 4.69) is 55.8 Å². The molecular weight excluding hydrogens is 456 g/mol. The quantitative estimate of drug-likeness (QED) is 0.476. The van der Waals surface area contributed by atoms with Crippen molar-refractivity contribution in [2.75, 3.05) is 47.2 Å². The summed E-state index contributed by atoms with van der Waals surface area (Å²) in [4.78, 5) is 34.5. The number of nitrogens with zero attached hydrogens (tertiary/aromatic N) is 6. The first-order valence-corrected chi connectivity index (χ1v) is 12.0. The number of pyridine rings is 1. The number of hydrogen-bond acceptors (Lipinski definition) is 9. The molecule has 4 heterocycles. The molecule has 1 fully saturated rings. The number of nitrogens with one attached hydrogen (secondary N) is 2. The minimum absolute atomic E-state index is 0.135. The van der Waals surface area contributed by atoms with E-state index < -0.39 is 0 Å². The summed E-state index contributed by atoms with van der Waals surface area (Å²) < 4.78 is 5.70. The van der Waals surface area contributed by atoms with Gasteiger partial charge in [-0.3, -0.25) is 9.78 Å². The summed E-state index contributed by atoms with van der Waals surface area (Å²) in [5, 5.41) is 6.18. The molecule has 5 rings (SSSR count). The van der Waals surface area contributed by atoms with Gasteiger partial charge in [0.25, 0.3) is 0 Å². The molecule has 0 unspecified atom stereocenters. The molecule has 0 atom stereocenters. The Morgan fingerprint density at radius 3 is 2.69 bits per heavy atom. The first-order chi connectivity index (χ1) is 17.4. The SMILES string of the molecule is C=CC(=O)Nc1cc(Nc2ncnc(N3CC(C)(C)c4ncccc43)n2)c(OC)cc1N1CCCC1. The Morgan fingerprint density at radius 1 is 1.14 bits per heavy atom. The molecular formula is C26H30N8O2. The Kier molecular flexibility index (Phi) is 6.17. The minimum Gasteiger partial charge on any atom is -0.494 e. The van der Waals surface area contributed by atoms with Crippen LogP contribution in [0.2, 0.25) is 0 Å². The highest BCUT2D eigenvalue weighted by Crippen LogP contribution is 2.42. The first-order valence-electron chi connectivity index (χ1n) is 12.0. The third-order valence-corrected chi connectivity index (χ3v) is 6.53. The van der Waals surface area contributed by atoms with Gasteiger partial charge in [0.05, 0.1) is 35.6 Å². The van der Waals surface area contributed by atoms with Gasteiger partial charge in [0.1, 0.15) is 12.1 Å². The van der Waals surface area contributed by atoms with Crippen LogP contribution in [0.15, 0.2) is 49.4 Å². The zero-order valence-electron chi connectivity index (χ0n) is 20.8.